The molecular weight excluding hydrogens is 596 g/mol. The highest BCUT2D eigenvalue weighted by Gasteiger charge is 2.22. The zero-order chi connectivity index (χ0) is 32.8. The van der Waals surface area contributed by atoms with Gasteiger partial charge < -0.3 is 19.9 Å². The molecule has 0 radical (unpaired) electrons. The van der Waals surface area contributed by atoms with Gasteiger partial charge in [0.05, 0.1) is 26.5 Å². The largest absolute Gasteiger partial charge is 0.493 e. The molecule has 0 aliphatic carbocycles. The number of alkyl halides is 1. The second kappa shape index (κ2) is 13.8. The summed E-state index contributed by atoms with van der Waals surface area (Å²) >= 11 is 0. The lowest BCUT2D eigenvalue weighted by atomic mass is 10.0. The number of hydrogen-bond acceptors (Lipinski definition) is 8. The molecule has 4 N–H and O–H groups in total. The van der Waals surface area contributed by atoms with Crippen molar-refractivity contribution in [2.75, 3.05) is 25.9 Å². The quantitative estimate of drug-likeness (QED) is 0.0856. The van der Waals surface area contributed by atoms with E-state index in [9.17, 15) is 18.4 Å². The van der Waals surface area contributed by atoms with Gasteiger partial charge in [0.1, 0.15) is 18.1 Å². The van der Waals surface area contributed by atoms with Crippen molar-refractivity contribution in [1.29, 1.82) is 0 Å². The lowest BCUT2D eigenvalue weighted by molar-refractivity contribution is 0.0985. The van der Waals surface area contributed by atoms with Gasteiger partial charge in [0.2, 0.25) is 5.43 Å². The molecule has 2 heterocycles. The van der Waals surface area contributed by atoms with Crippen LogP contribution in [0, 0.1) is 5.82 Å². The highest BCUT2D eigenvalue weighted by Crippen LogP contribution is 2.37. The number of pyridine rings is 2. The van der Waals surface area contributed by atoms with Crippen LogP contribution in [-0.4, -0.2) is 36.4 Å². The van der Waals surface area contributed by atoms with E-state index in [1.54, 1.807) is 50.7 Å². The van der Waals surface area contributed by atoms with Gasteiger partial charge >= 0.3 is 0 Å². The van der Waals surface area contributed by atoms with Gasteiger partial charge in [-0.2, -0.15) is 0 Å². The predicted octanol–water partition coefficient (Wildman–Crippen LogP) is 5.85. The minimum atomic E-state index is -0.816. The summed E-state index contributed by atoms with van der Waals surface area (Å²) in [5.74, 6) is 11.6. The number of halogens is 2. The first-order valence-corrected chi connectivity index (χ1v) is 13.9. The SMILES string of the molecule is COc1ccc(-c2cnc(N=NN)c(-c3ccc(N(N)C(=O)c4cn(CCF)cc(-c5ccc(F)cc5)c4=O)cc3)c2)cc1OC. The molecule has 1 amide bonds. The molecule has 0 spiro atoms. The molecule has 0 atom stereocenters. The Hall–Kier alpha value is -5.95. The van der Waals surface area contributed by atoms with Crippen LogP contribution in [0.5, 0.6) is 11.5 Å². The molecular formula is C33H29F2N7O4. The second-order valence-electron chi connectivity index (χ2n) is 9.95. The van der Waals surface area contributed by atoms with Crippen molar-refractivity contribution in [3.8, 4) is 44.9 Å². The smallest absolute Gasteiger partial charge is 0.277 e. The maximum Gasteiger partial charge on any atom is 0.277 e. The van der Waals surface area contributed by atoms with E-state index in [1.807, 2.05) is 18.2 Å². The molecule has 0 saturated carbocycles. The van der Waals surface area contributed by atoms with Crippen LogP contribution in [0.15, 0.2) is 107 Å². The first-order valence-electron chi connectivity index (χ1n) is 13.9. The van der Waals surface area contributed by atoms with Crippen LogP contribution >= 0.6 is 0 Å². The molecule has 3 aromatic carbocycles. The zero-order valence-electron chi connectivity index (χ0n) is 24.9. The molecule has 0 saturated heterocycles. The number of ether oxygens (including phenoxy) is 2. The first kappa shape index (κ1) is 31.5. The minimum absolute atomic E-state index is 0.103. The van der Waals surface area contributed by atoms with E-state index >= 15 is 0 Å². The fraction of sp³-hybridized carbons (Fsp3) is 0.121. The number of hydrazine groups is 1. The van der Waals surface area contributed by atoms with Crippen LogP contribution in [0.1, 0.15) is 10.4 Å². The van der Waals surface area contributed by atoms with Crippen molar-refractivity contribution in [3.05, 3.63) is 113 Å². The maximum absolute atomic E-state index is 13.5. The van der Waals surface area contributed by atoms with Gasteiger partial charge in [-0.25, -0.2) is 24.6 Å². The Balaban J connectivity index is 1.49. The number of hydrogen-bond donors (Lipinski definition) is 2. The van der Waals surface area contributed by atoms with E-state index in [4.69, 9.17) is 21.2 Å². The van der Waals surface area contributed by atoms with Gasteiger partial charge in [-0.05, 0) is 59.2 Å². The Labute approximate surface area is 262 Å². The highest BCUT2D eigenvalue weighted by atomic mass is 19.1. The molecule has 0 unspecified atom stereocenters. The third-order valence-corrected chi connectivity index (χ3v) is 7.22. The molecule has 0 aliphatic rings. The van der Waals surface area contributed by atoms with Crippen LogP contribution in [0.3, 0.4) is 0 Å². The van der Waals surface area contributed by atoms with E-state index < -0.39 is 23.8 Å². The number of aromatic nitrogens is 2. The van der Waals surface area contributed by atoms with Crippen LogP contribution in [-0.2, 0) is 6.54 Å². The molecule has 5 rings (SSSR count). The minimum Gasteiger partial charge on any atom is -0.493 e. The summed E-state index contributed by atoms with van der Waals surface area (Å²) in [4.78, 5) is 31.3. The molecule has 46 heavy (non-hydrogen) atoms. The van der Waals surface area contributed by atoms with E-state index in [1.165, 1.54) is 41.2 Å². The van der Waals surface area contributed by atoms with Crippen LogP contribution in [0.2, 0.25) is 0 Å². The van der Waals surface area contributed by atoms with Crippen molar-refractivity contribution in [2.24, 2.45) is 22.0 Å². The van der Waals surface area contributed by atoms with Gasteiger partial charge in [-0.1, -0.05) is 35.6 Å². The summed E-state index contributed by atoms with van der Waals surface area (Å²) in [6.45, 7) is -0.839. The van der Waals surface area contributed by atoms with Crippen molar-refractivity contribution in [2.45, 2.75) is 6.54 Å². The summed E-state index contributed by atoms with van der Waals surface area (Å²) in [5.41, 5.74) is 2.63. The lowest BCUT2D eigenvalue weighted by Crippen LogP contribution is -2.40. The molecule has 234 valence electrons. The van der Waals surface area contributed by atoms with Gasteiger partial charge in [-0.15, -0.1) is 5.11 Å². The number of nitrogens with two attached hydrogens (primary N) is 2. The number of benzene rings is 3. The van der Waals surface area contributed by atoms with E-state index in [-0.39, 0.29) is 29.2 Å². The number of amides is 1. The standard InChI is InChI=1S/C33H29F2N7O4/c1-45-29-12-7-22(16-30(29)46-2)23-15-26(32(38-17-23)39-40-36)20-5-10-25(11-6-20)42(37)33(44)28-19-41(14-13-34)18-27(31(28)43)21-3-8-24(35)9-4-21/h3-12,15-19H,13-14,37H2,1-2H3,(H2,36,38,39). The summed E-state index contributed by atoms with van der Waals surface area (Å²) in [7, 11) is 3.10. The number of rotatable bonds is 10. The molecule has 2 aromatic heterocycles. The fourth-order valence-corrected chi connectivity index (χ4v) is 4.87. The molecule has 0 aliphatic heterocycles. The van der Waals surface area contributed by atoms with Gasteiger partial charge in [0.15, 0.2) is 17.3 Å². The second-order valence-corrected chi connectivity index (χ2v) is 9.95. The van der Waals surface area contributed by atoms with Crippen molar-refractivity contribution in [1.82, 2.24) is 9.55 Å². The molecule has 5 aromatic rings. The number of anilines is 1. The summed E-state index contributed by atoms with van der Waals surface area (Å²) < 4.78 is 38.9. The number of aryl methyl sites for hydroxylation is 1. The van der Waals surface area contributed by atoms with Crippen LogP contribution in [0.25, 0.3) is 33.4 Å². The normalized spacial score (nSPS) is 11.1. The molecule has 0 bridgehead atoms. The third kappa shape index (κ3) is 6.44. The van der Waals surface area contributed by atoms with Crippen LogP contribution in [0.4, 0.5) is 20.3 Å². The predicted molar refractivity (Wildman–Crippen MR) is 170 cm³/mol. The summed E-state index contributed by atoms with van der Waals surface area (Å²) in [6.07, 6.45) is 4.29. The Morgan fingerprint density at radius 1 is 0.891 bits per heavy atom. The number of nitrogens with zero attached hydrogens (tertiary/aromatic N) is 5. The van der Waals surface area contributed by atoms with Crippen molar-refractivity contribution < 1.29 is 23.0 Å². The number of methoxy groups -OCH3 is 2. The maximum atomic E-state index is 13.5. The number of carbonyl (C=O) groups is 1. The molecule has 0 fully saturated rings. The first-order chi connectivity index (χ1) is 22.3. The Bertz CT molecular complexity index is 1960. The van der Waals surface area contributed by atoms with E-state index in [2.05, 4.69) is 15.3 Å². The van der Waals surface area contributed by atoms with Crippen molar-refractivity contribution in [3.63, 3.8) is 0 Å². The van der Waals surface area contributed by atoms with Crippen LogP contribution < -0.4 is 31.6 Å². The van der Waals surface area contributed by atoms with Gasteiger partial charge in [-0.3, -0.25) is 9.59 Å². The monoisotopic (exact) mass is 625 g/mol. The topological polar surface area (TPSA) is 150 Å². The average Bonchev–Trinajstić information content (AvgIpc) is 3.09. The Morgan fingerprint density at radius 2 is 1.54 bits per heavy atom. The van der Waals surface area contributed by atoms with Gasteiger partial charge in [0, 0.05) is 35.3 Å². The zero-order valence-corrected chi connectivity index (χ0v) is 24.9. The average molecular weight is 626 g/mol. The van der Waals surface area contributed by atoms with E-state index in [0.29, 0.717) is 28.2 Å². The fourth-order valence-electron chi connectivity index (χ4n) is 4.87. The summed E-state index contributed by atoms with van der Waals surface area (Å²) in [6, 6.07) is 19.1. The number of carbonyl (C=O) groups excluding carboxylic acids is 1. The molecule has 11 nitrogen and oxygen atoms in total. The van der Waals surface area contributed by atoms with Gasteiger partial charge in [0.25, 0.3) is 5.91 Å². The summed E-state index contributed by atoms with van der Waals surface area (Å²) in [5, 5.41) is 8.16. The van der Waals surface area contributed by atoms with Crippen molar-refractivity contribution >= 4 is 17.4 Å². The Morgan fingerprint density at radius 3 is 2.20 bits per heavy atom. The van der Waals surface area contributed by atoms with E-state index in [0.717, 1.165) is 16.1 Å². The highest BCUT2D eigenvalue weighted by molar-refractivity contribution is 6.05. The Kier molecular flexibility index (Phi) is 9.43. The molecule has 13 heteroatoms. The third-order valence-electron chi connectivity index (χ3n) is 7.22. The lowest BCUT2D eigenvalue weighted by Gasteiger charge is -2.19.